The molecule has 1 aliphatic heterocycles. The van der Waals surface area contributed by atoms with Crippen molar-refractivity contribution in [2.24, 2.45) is 11.7 Å². The van der Waals surface area contributed by atoms with Crippen molar-refractivity contribution < 1.29 is 19.1 Å². The zero-order chi connectivity index (χ0) is 27.9. The van der Waals surface area contributed by atoms with Gasteiger partial charge in [0.2, 0.25) is 5.91 Å². The Balaban J connectivity index is 0.00000441. The lowest BCUT2D eigenvalue weighted by atomic mass is 10.0. The van der Waals surface area contributed by atoms with Crippen molar-refractivity contribution in [1.82, 2.24) is 4.90 Å². The van der Waals surface area contributed by atoms with Crippen LogP contribution in [0.15, 0.2) is 66.7 Å². The van der Waals surface area contributed by atoms with E-state index in [1.165, 1.54) is 7.11 Å². The van der Waals surface area contributed by atoms with Gasteiger partial charge in [0.1, 0.15) is 18.2 Å². The second-order valence-corrected chi connectivity index (χ2v) is 10.4. The minimum absolute atomic E-state index is 0. The fourth-order valence-corrected chi connectivity index (χ4v) is 5.32. The monoisotopic (exact) mass is 603 g/mol. The third kappa shape index (κ3) is 7.90. The largest absolute Gasteiger partial charge is 0.491 e. The van der Waals surface area contributed by atoms with Gasteiger partial charge in [0.25, 0.3) is 0 Å². The number of carbonyl (C=O) groups is 2. The van der Waals surface area contributed by atoms with Crippen LogP contribution in [0.1, 0.15) is 30.4 Å². The second kappa shape index (κ2) is 14.4. The number of ether oxygens (including phenoxy) is 2. The van der Waals surface area contributed by atoms with E-state index in [0.29, 0.717) is 53.8 Å². The highest BCUT2D eigenvalue weighted by Crippen LogP contribution is 2.30. The van der Waals surface area contributed by atoms with Gasteiger partial charge in [-0.3, -0.25) is 15.0 Å². The molecule has 212 valence electrons. The summed E-state index contributed by atoms with van der Waals surface area (Å²) in [6.45, 7) is 0.844. The Morgan fingerprint density at radius 2 is 1.70 bits per heavy atom. The van der Waals surface area contributed by atoms with Gasteiger partial charge in [-0.25, -0.2) is 0 Å². The van der Waals surface area contributed by atoms with E-state index >= 15 is 0 Å². The summed E-state index contributed by atoms with van der Waals surface area (Å²) in [7, 11) is 1.33. The summed E-state index contributed by atoms with van der Waals surface area (Å²) in [5.74, 6) is -0.149. The highest BCUT2D eigenvalue weighted by molar-refractivity contribution is 6.35. The molecule has 1 heterocycles. The van der Waals surface area contributed by atoms with Gasteiger partial charge in [0.05, 0.1) is 25.5 Å². The first-order valence-corrected chi connectivity index (χ1v) is 13.5. The Morgan fingerprint density at radius 1 is 1.05 bits per heavy atom. The molecule has 2 atom stereocenters. The zero-order valence-electron chi connectivity index (χ0n) is 22.1. The first kappa shape index (κ1) is 31.3. The molecule has 1 saturated heterocycles. The van der Waals surface area contributed by atoms with Crippen LogP contribution in [0.5, 0.6) is 5.75 Å². The summed E-state index contributed by atoms with van der Waals surface area (Å²) >= 11 is 12.3. The van der Waals surface area contributed by atoms with Crippen LogP contribution in [0, 0.1) is 11.3 Å². The Labute approximate surface area is 250 Å². The fraction of sp³-hybridized carbons (Fsp3) is 0.300. The van der Waals surface area contributed by atoms with Crippen LogP contribution in [0.4, 0.5) is 0 Å². The van der Waals surface area contributed by atoms with E-state index < -0.39 is 11.9 Å². The number of esters is 1. The molecular weight excluding hydrogens is 573 g/mol. The molecule has 10 heteroatoms. The molecule has 7 nitrogen and oxygen atoms in total. The lowest BCUT2D eigenvalue weighted by Gasteiger charge is -2.25. The molecule has 3 N–H and O–H groups in total. The number of hydrogen-bond donors (Lipinski definition) is 2. The van der Waals surface area contributed by atoms with E-state index in [2.05, 4.69) is 0 Å². The average Bonchev–Trinajstić information content (AvgIpc) is 3.22. The molecule has 0 aromatic heterocycles. The SMILES string of the molecule is COC(=O)C[C@@H]1C[C@@H](COc2ccc(-c3ccc(C(=N)N)cc3)cc2)N(CCCc2ccc(Cl)cc2Cl)C1=O.Cl. The Hall–Kier alpha value is -3.26. The third-order valence-electron chi connectivity index (χ3n) is 6.96. The Morgan fingerprint density at radius 3 is 2.30 bits per heavy atom. The third-order valence-corrected chi connectivity index (χ3v) is 7.54. The van der Waals surface area contributed by atoms with E-state index in [0.717, 1.165) is 16.7 Å². The number of nitrogens with one attached hydrogen (secondary N) is 1. The number of rotatable bonds is 11. The Bertz CT molecular complexity index is 1330. The molecule has 0 bridgehead atoms. The molecule has 4 rings (SSSR count). The van der Waals surface area contributed by atoms with Gasteiger partial charge >= 0.3 is 5.97 Å². The van der Waals surface area contributed by atoms with Crippen molar-refractivity contribution in [3.8, 4) is 16.9 Å². The number of benzene rings is 3. The van der Waals surface area contributed by atoms with Gasteiger partial charge in [0.15, 0.2) is 0 Å². The van der Waals surface area contributed by atoms with Crippen LogP contribution in [0.2, 0.25) is 10.0 Å². The zero-order valence-corrected chi connectivity index (χ0v) is 24.4. The molecule has 1 aliphatic rings. The van der Waals surface area contributed by atoms with Crippen molar-refractivity contribution >= 4 is 53.3 Å². The van der Waals surface area contributed by atoms with Crippen LogP contribution in [0.3, 0.4) is 0 Å². The summed E-state index contributed by atoms with van der Waals surface area (Å²) in [4.78, 5) is 26.9. The summed E-state index contributed by atoms with van der Waals surface area (Å²) < 4.78 is 10.9. The molecule has 0 saturated carbocycles. The number of carbonyl (C=O) groups excluding carboxylic acids is 2. The lowest BCUT2D eigenvalue weighted by Crippen LogP contribution is -2.38. The van der Waals surface area contributed by atoms with Crippen LogP contribution < -0.4 is 10.5 Å². The van der Waals surface area contributed by atoms with Gasteiger partial charge in [-0.15, -0.1) is 12.4 Å². The molecule has 3 aromatic rings. The second-order valence-electron chi connectivity index (χ2n) is 9.56. The first-order chi connectivity index (χ1) is 18.7. The number of aryl methyl sites for hydroxylation is 1. The van der Waals surface area contributed by atoms with E-state index in [9.17, 15) is 9.59 Å². The topological polar surface area (TPSA) is 106 Å². The number of halogens is 3. The lowest BCUT2D eigenvalue weighted by molar-refractivity contribution is -0.144. The minimum atomic E-state index is -0.425. The average molecular weight is 605 g/mol. The molecule has 1 fully saturated rings. The minimum Gasteiger partial charge on any atom is -0.491 e. The smallest absolute Gasteiger partial charge is 0.306 e. The van der Waals surface area contributed by atoms with Crippen molar-refractivity contribution in [3.63, 3.8) is 0 Å². The standard InChI is InChI=1S/C30H31Cl2N3O4.ClH/c1-38-28(36)16-23-15-25(35(30(23)37)14-2-3-21-8-11-24(31)17-27(21)32)18-39-26-12-9-20(10-13-26)19-4-6-22(7-5-19)29(33)34;/h4-13,17,23,25H,2-3,14-16,18H2,1H3,(H3,33,34);1H/t23-,25-;/m0./s1. The summed E-state index contributed by atoms with van der Waals surface area (Å²) in [6, 6.07) is 20.5. The summed E-state index contributed by atoms with van der Waals surface area (Å²) in [5.41, 5.74) is 9.20. The number of nitrogens with zero attached hydrogens (tertiary/aromatic N) is 1. The molecule has 0 unspecified atom stereocenters. The van der Waals surface area contributed by atoms with Gasteiger partial charge in [-0.05, 0) is 60.2 Å². The molecule has 1 amide bonds. The quantitative estimate of drug-likeness (QED) is 0.155. The van der Waals surface area contributed by atoms with Crippen molar-refractivity contribution in [2.45, 2.75) is 31.7 Å². The van der Waals surface area contributed by atoms with E-state index in [-0.39, 0.29) is 36.6 Å². The maximum absolute atomic E-state index is 13.2. The number of amides is 1. The van der Waals surface area contributed by atoms with Crippen LogP contribution in [0.25, 0.3) is 11.1 Å². The van der Waals surface area contributed by atoms with E-state index in [1.807, 2.05) is 59.5 Å². The number of likely N-dealkylation sites (tertiary alicyclic amines) is 1. The molecule has 3 aromatic carbocycles. The van der Waals surface area contributed by atoms with Gasteiger partial charge in [-0.2, -0.15) is 0 Å². The maximum Gasteiger partial charge on any atom is 0.306 e. The van der Waals surface area contributed by atoms with Crippen molar-refractivity contribution in [3.05, 3.63) is 87.9 Å². The number of methoxy groups -OCH3 is 1. The van der Waals surface area contributed by atoms with Crippen molar-refractivity contribution in [2.75, 3.05) is 20.3 Å². The van der Waals surface area contributed by atoms with Crippen LogP contribution in [-0.2, 0) is 20.7 Å². The fourth-order valence-electron chi connectivity index (χ4n) is 4.82. The maximum atomic E-state index is 13.2. The van der Waals surface area contributed by atoms with Crippen LogP contribution in [-0.4, -0.2) is 48.9 Å². The summed E-state index contributed by atoms with van der Waals surface area (Å²) in [5, 5.41) is 8.73. The molecule has 40 heavy (non-hydrogen) atoms. The van der Waals surface area contributed by atoms with Crippen LogP contribution >= 0.6 is 35.6 Å². The van der Waals surface area contributed by atoms with Gasteiger partial charge in [0, 0.05) is 22.2 Å². The molecule has 0 spiro atoms. The molecule has 0 radical (unpaired) electrons. The molecule has 0 aliphatic carbocycles. The van der Waals surface area contributed by atoms with Gasteiger partial charge in [-0.1, -0.05) is 65.7 Å². The van der Waals surface area contributed by atoms with E-state index in [1.54, 1.807) is 12.1 Å². The highest BCUT2D eigenvalue weighted by Gasteiger charge is 2.40. The number of hydrogen-bond acceptors (Lipinski definition) is 5. The normalized spacial score (nSPS) is 16.4. The Kier molecular flexibility index (Phi) is 11.3. The first-order valence-electron chi connectivity index (χ1n) is 12.7. The number of amidine groups is 1. The predicted octanol–water partition coefficient (Wildman–Crippen LogP) is 6.16. The predicted molar refractivity (Wildman–Crippen MR) is 161 cm³/mol. The number of nitrogens with two attached hydrogens (primary N) is 1. The summed E-state index contributed by atoms with van der Waals surface area (Å²) in [6.07, 6.45) is 1.99. The highest BCUT2D eigenvalue weighted by atomic mass is 35.5. The number of nitrogen functional groups attached to an aromatic ring is 1. The van der Waals surface area contributed by atoms with E-state index in [4.69, 9.17) is 43.8 Å². The van der Waals surface area contributed by atoms with Crippen molar-refractivity contribution in [1.29, 1.82) is 5.41 Å². The van der Waals surface area contributed by atoms with Gasteiger partial charge < -0.3 is 20.1 Å². The molecular formula is C30H32Cl3N3O4.